The molecule has 1 saturated heterocycles. The Kier molecular flexibility index (Phi) is 4.30. The number of β-amino-alcohol motifs (C(OH)–C–C–N with tert-alkyl or cyclic N) is 1. The molecule has 1 spiro atoms. The van der Waals surface area contributed by atoms with Gasteiger partial charge in [0, 0.05) is 35.7 Å². The molecule has 4 nitrogen and oxygen atoms in total. The van der Waals surface area contributed by atoms with Crippen molar-refractivity contribution < 1.29 is 15.0 Å². The van der Waals surface area contributed by atoms with Crippen molar-refractivity contribution in [2.45, 2.75) is 18.9 Å². The lowest BCUT2D eigenvalue weighted by molar-refractivity contribution is 0.0763. The number of aliphatic hydroxyl groups excluding tert-OH is 2. The van der Waals surface area contributed by atoms with Crippen LogP contribution in [0.2, 0.25) is 5.02 Å². The van der Waals surface area contributed by atoms with E-state index in [1.807, 2.05) is 37.3 Å². The van der Waals surface area contributed by atoms with Gasteiger partial charge < -0.3 is 15.1 Å². The maximum absolute atomic E-state index is 13.0. The van der Waals surface area contributed by atoms with Gasteiger partial charge in [0.25, 0.3) is 5.91 Å². The van der Waals surface area contributed by atoms with E-state index < -0.39 is 11.5 Å². The molecule has 26 heavy (non-hydrogen) atoms. The van der Waals surface area contributed by atoms with Gasteiger partial charge in [0.15, 0.2) is 0 Å². The molecular formula is C21H22ClNO3. The highest BCUT2D eigenvalue weighted by Crippen LogP contribution is 2.68. The number of rotatable bonds is 3. The van der Waals surface area contributed by atoms with Crippen LogP contribution < -0.4 is 0 Å². The minimum absolute atomic E-state index is 0.00877. The van der Waals surface area contributed by atoms with Crippen LogP contribution in [-0.4, -0.2) is 46.8 Å². The third kappa shape index (κ3) is 2.48. The molecular weight excluding hydrogens is 350 g/mol. The lowest BCUT2D eigenvalue weighted by atomic mass is 9.95. The molecule has 2 N–H and O–H groups in total. The van der Waals surface area contributed by atoms with Crippen LogP contribution in [0.4, 0.5) is 0 Å². The summed E-state index contributed by atoms with van der Waals surface area (Å²) in [6, 6.07) is 15.3. The third-order valence-corrected chi connectivity index (χ3v) is 6.59. The SMILES string of the molecule is Cc1c(Cl)cccc1C(=O)N1C[C@H](O)[C@@]2(C1)[C@H](CO)[C@H]2c1ccccc1. The van der Waals surface area contributed by atoms with Gasteiger partial charge in [-0.25, -0.2) is 0 Å². The molecule has 1 amide bonds. The number of hydrogen-bond donors (Lipinski definition) is 2. The molecule has 1 heterocycles. The van der Waals surface area contributed by atoms with E-state index in [-0.39, 0.29) is 30.9 Å². The Hall–Kier alpha value is -1.88. The summed E-state index contributed by atoms with van der Waals surface area (Å²) in [4.78, 5) is 14.7. The minimum Gasteiger partial charge on any atom is -0.396 e. The summed E-state index contributed by atoms with van der Waals surface area (Å²) in [5.41, 5.74) is 1.97. The molecule has 4 atom stereocenters. The van der Waals surface area contributed by atoms with Crippen molar-refractivity contribution in [3.63, 3.8) is 0 Å². The van der Waals surface area contributed by atoms with Gasteiger partial charge in [0.1, 0.15) is 0 Å². The maximum Gasteiger partial charge on any atom is 0.254 e. The summed E-state index contributed by atoms with van der Waals surface area (Å²) < 4.78 is 0. The van der Waals surface area contributed by atoms with E-state index in [1.165, 1.54) is 0 Å². The zero-order chi connectivity index (χ0) is 18.5. The summed E-state index contributed by atoms with van der Waals surface area (Å²) in [5.74, 6) is -0.0727. The summed E-state index contributed by atoms with van der Waals surface area (Å²) in [7, 11) is 0. The second-order valence-corrected chi connectivity index (χ2v) is 7.81. The summed E-state index contributed by atoms with van der Waals surface area (Å²) >= 11 is 6.16. The highest BCUT2D eigenvalue weighted by atomic mass is 35.5. The molecule has 0 bridgehead atoms. The van der Waals surface area contributed by atoms with Crippen LogP contribution in [0.3, 0.4) is 0 Å². The number of benzene rings is 2. The molecule has 2 fully saturated rings. The maximum atomic E-state index is 13.0. The number of halogens is 1. The second kappa shape index (κ2) is 6.38. The number of aliphatic hydroxyl groups is 2. The first-order valence-corrected chi connectivity index (χ1v) is 9.26. The lowest BCUT2D eigenvalue weighted by Crippen LogP contribution is -2.30. The molecule has 5 heteroatoms. The standard InChI is InChI=1S/C21H22ClNO3/c1-13-15(8-5-9-17(13)22)20(26)23-10-18(25)21(12-23)16(11-24)19(21)14-6-3-2-4-7-14/h2-9,16,18-19,24-25H,10-12H2,1H3/t16-,18+,19-,21-/m1/s1. The molecule has 2 aromatic rings. The smallest absolute Gasteiger partial charge is 0.254 e. The van der Waals surface area contributed by atoms with Crippen LogP contribution in [0.1, 0.15) is 27.4 Å². The van der Waals surface area contributed by atoms with Crippen LogP contribution in [-0.2, 0) is 0 Å². The van der Waals surface area contributed by atoms with Gasteiger partial charge in [0.05, 0.1) is 6.10 Å². The van der Waals surface area contributed by atoms with E-state index in [9.17, 15) is 15.0 Å². The Balaban J connectivity index is 1.62. The first-order chi connectivity index (χ1) is 12.5. The monoisotopic (exact) mass is 371 g/mol. The highest BCUT2D eigenvalue weighted by molar-refractivity contribution is 6.31. The molecule has 2 aliphatic rings. The van der Waals surface area contributed by atoms with Gasteiger partial charge in [-0.1, -0.05) is 48.0 Å². The first kappa shape index (κ1) is 17.5. The molecule has 1 aliphatic carbocycles. The molecule has 1 saturated carbocycles. The predicted octanol–water partition coefficient (Wildman–Crippen LogP) is 2.86. The average molecular weight is 372 g/mol. The van der Waals surface area contributed by atoms with E-state index in [1.54, 1.807) is 23.1 Å². The first-order valence-electron chi connectivity index (χ1n) is 8.89. The molecule has 0 unspecified atom stereocenters. The topological polar surface area (TPSA) is 60.8 Å². The molecule has 4 rings (SSSR count). The van der Waals surface area contributed by atoms with Crippen molar-refractivity contribution in [1.29, 1.82) is 0 Å². The van der Waals surface area contributed by atoms with Crippen LogP contribution >= 0.6 is 11.6 Å². The zero-order valence-corrected chi connectivity index (χ0v) is 15.4. The number of carbonyl (C=O) groups is 1. The summed E-state index contributed by atoms with van der Waals surface area (Å²) in [6.07, 6.45) is -0.645. The second-order valence-electron chi connectivity index (χ2n) is 7.40. The quantitative estimate of drug-likeness (QED) is 0.872. The van der Waals surface area contributed by atoms with Gasteiger partial charge in [-0.15, -0.1) is 0 Å². The third-order valence-electron chi connectivity index (χ3n) is 6.18. The fraction of sp³-hybridized carbons (Fsp3) is 0.381. The van der Waals surface area contributed by atoms with E-state index in [0.29, 0.717) is 17.1 Å². The minimum atomic E-state index is -0.645. The Morgan fingerprint density at radius 1 is 1.23 bits per heavy atom. The Morgan fingerprint density at radius 3 is 2.65 bits per heavy atom. The van der Waals surface area contributed by atoms with Gasteiger partial charge in [-0.05, 0) is 42.0 Å². The van der Waals surface area contributed by atoms with Crippen molar-refractivity contribution in [2.24, 2.45) is 11.3 Å². The largest absolute Gasteiger partial charge is 0.396 e. The van der Waals surface area contributed by atoms with Crippen molar-refractivity contribution in [3.05, 3.63) is 70.2 Å². The van der Waals surface area contributed by atoms with Gasteiger partial charge in [-0.3, -0.25) is 4.79 Å². The average Bonchev–Trinajstić information content (AvgIpc) is 3.19. The van der Waals surface area contributed by atoms with Gasteiger partial charge in [0.2, 0.25) is 0 Å². The van der Waals surface area contributed by atoms with E-state index >= 15 is 0 Å². The van der Waals surface area contributed by atoms with Crippen molar-refractivity contribution >= 4 is 17.5 Å². The van der Waals surface area contributed by atoms with Crippen molar-refractivity contribution in [3.8, 4) is 0 Å². The molecule has 0 aromatic heterocycles. The number of nitrogens with zero attached hydrogens (tertiary/aromatic N) is 1. The van der Waals surface area contributed by atoms with Gasteiger partial charge >= 0.3 is 0 Å². The molecule has 2 aromatic carbocycles. The molecule has 0 radical (unpaired) electrons. The Bertz CT molecular complexity index is 840. The zero-order valence-electron chi connectivity index (χ0n) is 14.6. The van der Waals surface area contributed by atoms with Gasteiger partial charge in [-0.2, -0.15) is 0 Å². The fourth-order valence-corrected chi connectivity index (χ4v) is 4.91. The summed E-state index contributed by atoms with van der Waals surface area (Å²) in [5, 5.41) is 21.2. The Morgan fingerprint density at radius 2 is 1.96 bits per heavy atom. The summed E-state index contributed by atoms with van der Waals surface area (Å²) in [6.45, 7) is 2.57. The van der Waals surface area contributed by atoms with Crippen LogP contribution in [0, 0.1) is 18.3 Å². The number of amides is 1. The van der Waals surface area contributed by atoms with Crippen LogP contribution in [0.25, 0.3) is 0 Å². The van der Waals surface area contributed by atoms with E-state index in [0.717, 1.165) is 11.1 Å². The van der Waals surface area contributed by atoms with E-state index in [4.69, 9.17) is 11.6 Å². The van der Waals surface area contributed by atoms with Crippen molar-refractivity contribution in [2.75, 3.05) is 19.7 Å². The van der Waals surface area contributed by atoms with Crippen LogP contribution in [0.15, 0.2) is 48.5 Å². The van der Waals surface area contributed by atoms with E-state index in [2.05, 4.69) is 0 Å². The Labute approximate surface area is 158 Å². The number of hydrogen-bond acceptors (Lipinski definition) is 3. The lowest BCUT2D eigenvalue weighted by Gasteiger charge is -2.18. The molecule has 136 valence electrons. The number of carbonyl (C=O) groups excluding carboxylic acids is 1. The predicted molar refractivity (Wildman–Crippen MR) is 100 cm³/mol. The fourth-order valence-electron chi connectivity index (χ4n) is 4.73. The number of likely N-dealkylation sites (tertiary alicyclic amines) is 1. The van der Waals surface area contributed by atoms with Crippen molar-refractivity contribution in [1.82, 2.24) is 4.90 Å². The normalized spacial score (nSPS) is 30.0. The molecule has 1 aliphatic heterocycles. The van der Waals surface area contributed by atoms with Crippen LogP contribution in [0.5, 0.6) is 0 Å². The highest BCUT2D eigenvalue weighted by Gasteiger charge is 2.71.